The van der Waals surface area contributed by atoms with Crippen LogP contribution < -0.4 is 5.73 Å². The average molecular weight is 198 g/mol. The largest absolute Gasteiger partial charge is 0.467 e. The van der Waals surface area contributed by atoms with Crippen molar-refractivity contribution in [2.24, 2.45) is 5.73 Å². The summed E-state index contributed by atoms with van der Waals surface area (Å²) in [7, 11) is 1.22. The molecule has 0 spiro atoms. The van der Waals surface area contributed by atoms with Gasteiger partial charge in [0.25, 0.3) is 0 Å². The summed E-state index contributed by atoms with van der Waals surface area (Å²) in [5, 5.41) is 0. The Morgan fingerprint density at radius 2 is 2.29 bits per heavy atom. The van der Waals surface area contributed by atoms with Gasteiger partial charge in [0.05, 0.1) is 12.8 Å². The van der Waals surface area contributed by atoms with E-state index in [4.69, 9.17) is 5.73 Å². The highest BCUT2D eigenvalue weighted by Gasteiger charge is 2.33. The van der Waals surface area contributed by atoms with Crippen LogP contribution in [0.3, 0.4) is 0 Å². The van der Waals surface area contributed by atoms with Gasteiger partial charge in [-0.05, 0) is 19.1 Å². The molecule has 0 saturated heterocycles. The van der Waals surface area contributed by atoms with Crippen molar-refractivity contribution in [3.63, 3.8) is 0 Å². The molecule has 0 radical (unpaired) electrons. The van der Waals surface area contributed by atoms with Crippen LogP contribution >= 0.6 is 0 Å². The van der Waals surface area contributed by atoms with Gasteiger partial charge >= 0.3 is 5.97 Å². The van der Waals surface area contributed by atoms with Gasteiger partial charge in [-0.1, -0.05) is 6.07 Å². The normalized spacial score (nSPS) is 14.6. The molecule has 1 atom stereocenters. The highest BCUT2D eigenvalue weighted by Crippen LogP contribution is 2.16. The Morgan fingerprint density at radius 1 is 1.64 bits per heavy atom. The third-order valence-corrected chi connectivity index (χ3v) is 1.86. The summed E-state index contributed by atoms with van der Waals surface area (Å²) in [4.78, 5) is 14.8. The molecule has 0 aliphatic carbocycles. The Morgan fingerprint density at radius 3 is 2.79 bits per heavy atom. The first-order valence-corrected chi connectivity index (χ1v) is 3.99. The van der Waals surface area contributed by atoms with Crippen molar-refractivity contribution in [2.45, 2.75) is 12.5 Å². The second-order valence-corrected chi connectivity index (χ2v) is 3.04. The Balaban J connectivity index is 3.09. The quantitative estimate of drug-likeness (QED) is 0.557. The van der Waals surface area contributed by atoms with Crippen molar-refractivity contribution in [1.29, 1.82) is 0 Å². The monoisotopic (exact) mass is 198 g/mol. The van der Waals surface area contributed by atoms with E-state index in [9.17, 15) is 9.18 Å². The van der Waals surface area contributed by atoms with E-state index in [0.717, 1.165) is 0 Å². The van der Waals surface area contributed by atoms with E-state index in [2.05, 4.69) is 9.72 Å². The lowest BCUT2D eigenvalue weighted by atomic mass is 9.99. The molecule has 0 aliphatic heterocycles. The summed E-state index contributed by atoms with van der Waals surface area (Å²) < 4.78 is 17.2. The number of aromatic nitrogens is 1. The van der Waals surface area contributed by atoms with Crippen LogP contribution in [0, 0.1) is 5.95 Å². The van der Waals surface area contributed by atoms with E-state index in [1.165, 1.54) is 32.2 Å². The minimum absolute atomic E-state index is 0.143. The van der Waals surface area contributed by atoms with Gasteiger partial charge in [-0.3, -0.25) is 0 Å². The Labute approximate surface area is 80.9 Å². The van der Waals surface area contributed by atoms with Crippen molar-refractivity contribution < 1.29 is 13.9 Å². The molecule has 1 rings (SSSR count). The number of hydrogen-bond acceptors (Lipinski definition) is 4. The number of ether oxygens (including phenoxy) is 1. The highest BCUT2D eigenvalue weighted by molar-refractivity contribution is 5.81. The molecule has 76 valence electrons. The number of rotatable bonds is 2. The van der Waals surface area contributed by atoms with Gasteiger partial charge in [0.2, 0.25) is 5.95 Å². The molecule has 0 fully saturated rings. The summed E-state index contributed by atoms with van der Waals surface area (Å²) in [6.45, 7) is 1.42. The zero-order valence-electron chi connectivity index (χ0n) is 7.95. The minimum atomic E-state index is -1.42. The molecule has 1 unspecified atom stereocenters. The van der Waals surface area contributed by atoms with Crippen molar-refractivity contribution in [1.82, 2.24) is 4.98 Å². The van der Waals surface area contributed by atoms with Gasteiger partial charge in [0.1, 0.15) is 0 Å². The van der Waals surface area contributed by atoms with Crippen LogP contribution in [0.15, 0.2) is 18.2 Å². The molecule has 4 nitrogen and oxygen atoms in total. The molecular weight excluding hydrogens is 187 g/mol. The molecule has 14 heavy (non-hydrogen) atoms. The maximum absolute atomic E-state index is 12.7. The van der Waals surface area contributed by atoms with E-state index in [-0.39, 0.29) is 5.69 Å². The van der Waals surface area contributed by atoms with E-state index in [0.29, 0.717) is 0 Å². The average Bonchev–Trinajstić information content (AvgIpc) is 2.16. The summed E-state index contributed by atoms with van der Waals surface area (Å²) in [5.41, 5.74) is 4.38. The SMILES string of the molecule is COC(=O)C(C)(N)c1cccc(F)n1. The molecule has 2 N–H and O–H groups in total. The predicted molar refractivity (Wildman–Crippen MR) is 47.8 cm³/mol. The van der Waals surface area contributed by atoms with Crippen LogP contribution in [0.1, 0.15) is 12.6 Å². The van der Waals surface area contributed by atoms with Crippen molar-refractivity contribution in [3.05, 3.63) is 29.8 Å². The third-order valence-electron chi connectivity index (χ3n) is 1.86. The van der Waals surface area contributed by atoms with Gasteiger partial charge in [-0.25, -0.2) is 9.78 Å². The Bertz CT molecular complexity index is 352. The van der Waals surface area contributed by atoms with Crippen molar-refractivity contribution >= 4 is 5.97 Å². The van der Waals surface area contributed by atoms with Gasteiger partial charge < -0.3 is 10.5 Å². The topological polar surface area (TPSA) is 65.2 Å². The summed E-state index contributed by atoms with van der Waals surface area (Å²) in [5.74, 6) is -1.33. The van der Waals surface area contributed by atoms with Crippen LogP contribution in [0.4, 0.5) is 4.39 Å². The lowest BCUT2D eigenvalue weighted by molar-refractivity contribution is -0.146. The Hall–Kier alpha value is -1.49. The standard InChI is InChI=1S/C9H11FN2O2/c1-9(11,8(13)14-2)6-4-3-5-7(10)12-6/h3-5H,11H2,1-2H3. The zero-order valence-corrected chi connectivity index (χ0v) is 7.95. The number of pyridine rings is 1. The number of nitrogens with zero attached hydrogens (tertiary/aromatic N) is 1. The lowest BCUT2D eigenvalue weighted by Crippen LogP contribution is -2.43. The first-order valence-electron chi connectivity index (χ1n) is 3.99. The van der Waals surface area contributed by atoms with Crippen LogP contribution in [-0.4, -0.2) is 18.1 Å². The van der Waals surface area contributed by atoms with E-state index < -0.39 is 17.5 Å². The van der Waals surface area contributed by atoms with E-state index in [1.807, 2.05) is 0 Å². The maximum atomic E-state index is 12.7. The number of hydrogen-bond donors (Lipinski definition) is 1. The van der Waals surface area contributed by atoms with Gasteiger partial charge in [0, 0.05) is 0 Å². The molecule has 0 amide bonds. The Kier molecular flexibility index (Phi) is 2.81. The van der Waals surface area contributed by atoms with Crippen LogP contribution in [0.25, 0.3) is 0 Å². The first kappa shape index (κ1) is 10.6. The molecule has 0 aliphatic rings. The molecular formula is C9H11FN2O2. The fraction of sp³-hybridized carbons (Fsp3) is 0.333. The molecule has 1 aromatic rings. The molecule has 5 heteroatoms. The molecule has 1 aromatic heterocycles. The van der Waals surface area contributed by atoms with Crippen molar-refractivity contribution in [3.8, 4) is 0 Å². The maximum Gasteiger partial charge on any atom is 0.331 e. The second-order valence-electron chi connectivity index (χ2n) is 3.04. The zero-order chi connectivity index (χ0) is 10.8. The molecule has 1 heterocycles. The number of nitrogens with two attached hydrogens (primary N) is 1. The van der Waals surface area contributed by atoms with E-state index >= 15 is 0 Å². The minimum Gasteiger partial charge on any atom is -0.467 e. The molecule has 0 aromatic carbocycles. The number of methoxy groups -OCH3 is 1. The summed E-state index contributed by atoms with van der Waals surface area (Å²) in [6.07, 6.45) is 0. The number of carbonyl (C=O) groups is 1. The third kappa shape index (κ3) is 1.88. The summed E-state index contributed by atoms with van der Waals surface area (Å²) in [6, 6.07) is 4.09. The van der Waals surface area contributed by atoms with Crippen LogP contribution in [0.2, 0.25) is 0 Å². The van der Waals surface area contributed by atoms with Crippen LogP contribution in [0.5, 0.6) is 0 Å². The second kappa shape index (κ2) is 3.71. The smallest absolute Gasteiger partial charge is 0.331 e. The number of esters is 1. The highest BCUT2D eigenvalue weighted by atomic mass is 19.1. The lowest BCUT2D eigenvalue weighted by Gasteiger charge is -2.20. The number of carbonyl (C=O) groups excluding carboxylic acids is 1. The van der Waals surface area contributed by atoms with E-state index in [1.54, 1.807) is 0 Å². The predicted octanol–water partition coefficient (Wildman–Crippen LogP) is 0.568. The first-order chi connectivity index (χ1) is 6.48. The van der Waals surface area contributed by atoms with Gasteiger partial charge in [0.15, 0.2) is 5.54 Å². The van der Waals surface area contributed by atoms with Gasteiger partial charge in [-0.2, -0.15) is 4.39 Å². The van der Waals surface area contributed by atoms with Crippen molar-refractivity contribution in [2.75, 3.05) is 7.11 Å². The fourth-order valence-corrected chi connectivity index (χ4v) is 1.01. The van der Waals surface area contributed by atoms with Crippen LogP contribution in [-0.2, 0) is 15.1 Å². The van der Waals surface area contributed by atoms with Gasteiger partial charge in [-0.15, -0.1) is 0 Å². The number of halogens is 1. The summed E-state index contributed by atoms with van der Waals surface area (Å²) >= 11 is 0. The fourth-order valence-electron chi connectivity index (χ4n) is 1.01. The molecule has 0 bridgehead atoms. The molecule has 0 saturated carbocycles.